The van der Waals surface area contributed by atoms with Crippen LogP contribution in [0.4, 0.5) is 15.8 Å². The Labute approximate surface area is 317 Å². The van der Waals surface area contributed by atoms with Crippen LogP contribution in [0.25, 0.3) is 22.7 Å². The van der Waals surface area contributed by atoms with Crippen LogP contribution in [-0.4, -0.2) is 41.1 Å². The van der Waals surface area contributed by atoms with E-state index in [0.29, 0.717) is 30.2 Å². The molecule has 0 amide bonds. The zero-order valence-corrected chi connectivity index (χ0v) is 35.8. The minimum atomic E-state index is -1.78. The van der Waals surface area contributed by atoms with Gasteiger partial charge >= 0.3 is 0 Å². The summed E-state index contributed by atoms with van der Waals surface area (Å²) >= 11 is 6.57. The third-order valence-electron chi connectivity index (χ3n) is 8.96. The smallest absolute Gasteiger partial charge is 0.282 e. The summed E-state index contributed by atoms with van der Waals surface area (Å²) in [6.07, 6.45) is 12.4. The highest BCUT2D eigenvalue weighted by molar-refractivity contribution is 7.56. The number of anilines is 2. The average Bonchev–Trinajstić information content (AvgIpc) is 3.52. The number of allylic oxidation sites excluding steroid dienone is 6. The highest BCUT2D eigenvalue weighted by Gasteiger charge is 2.33. The number of alkyl halides is 1. The van der Waals surface area contributed by atoms with Crippen molar-refractivity contribution in [2.45, 2.75) is 43.6 Å². The van der Waals surface area contributed by atoms with E-state index in [4.69, 9.17) is 11.6 Å². The molecule has 6 nitrogen and oxygen atoms in total. The van der Waals surface area contributed by atoms with Gasteiger partial charge in [0, 0.05) is 35.4 Å². The van der Waals surface area contributed by atoms with Crippen LogP contribution < -0.4 is 14.4 Å². The minimum Gasteiger partial charge on any atom is -0.395 e. The topological polar surface area (TPSA) is 55.8 Å². The van der Waals surface area contributed by atoms with Gasteiger partial charge in [-0.1, -0.05) is 84.7 Å². The Kier molecular flexibility index (Phi) is 13.4. The number of hydrogen-bond donors (Lipinski definition) is 2. The molecule has 1 aromatic heterocycles. The SMILES string of the molecule is CCN1C(=CC=CC(=CC=Cc2n(CC)c3cc(Cl)c(C(F)(P)P)cc3[n+]2CCO)c2ccccc2)N(CCO)c2cc(C(P)(P)P)c(C)cc21. The van der Waals surface area contributed by atoms with Crippen LogP contribution in [0.3, 0.4) is 0 Å². The van der Waals surface area contributed by atoms with Gasteiger partial charge in [-0.15, -0.1) is 27.7 Å². The van der Waals surface area contributed by atoms with Crippen LogP contribution in [0.5, 0.6) is 0 Å². The zero-order chi connectivity index (χ0) is 37.1. The second kappa shape index (κ2) is 17.0. The number of halogens is 2. The first-order valence-corrected chi connectivity index (χ1v) is 20.1. The van der Waals surface area contributed by atoms with Gasteiger partial charge < -0.3 is 20.0 Å². The summed E-state index contributed by atoms with van der Waals surface area (Å²) in [5.41, 5.74) is 8.65. The Morgan fingerprint density at radius 1 is 0.902 bits per heavy atom. The van der Waals surface area contributed by atoms with E-state index in [1.807, 2.05) is 34.9 Å². The molecule has 5 atom stereocenters. The Balaban J connectivity index is 1.57. The lowest BCUT2D eigenvalue weighted by Crippen LogP contribution is -2.38. The molecule has 1 aliphatic heterocycles. The predicted octanol–water partition coefficient (Wildman–Crippen LogP) is 8.30. The van der Waals surface area contributed by atoms with Gasteiger partial charge in [0.2, 0.25) is 0 Å². The fraction of sp³-hybridized carbons (Fsp3) is 0.289. The molecule has 0 radical (unpaired) electrons. The highest BCUT2D eigenvalue weighted by atomic mass is 35.5. The van der Waals surface area contributed by atoms with Crippen molar-refractivity contribution in [1.29, 1.82) is 0 Å². The first-order chi connectivity index (χ1) is 24.2. The average molecular weight is 802 g/mol. The Morgan fingerprint density at radius 2 is 1.61 bits per heavy atom. The van der Waals surface area contributed by atoms with Gasteiger partial charge in [0.1, 0.15) is 12.4 Å². The number of fused-ring (bicyclic) bond motifs is 2. The van der Waals surface area contributed by atoms with Gasteiger partial charge in [0.05, 0.1) is 36.2 Å². The summed E-state index contributed by atoms with van der Waals surface area (Å²) in [7, 11) is 13.0. The van der Waals surface area contributed by atoms with E-state index in [1.54, 1.807) is 12.1 Å². The molecule has 0 fully saturated rings. The molecule has 270 valence electrons. The van der Waals surface area contributed by atoms with Crippen molar-refractivity contribution < 1.29 is 19.2 Å². The molecule has 5 unspecified atom stereocenters. The molecule has 0 spiro atoms. The van der Waals surface area contributed by atoms with Crippen molar-refractivity contribution in [3.05, 3.63) is 124 Å². The number of hydrogen-bond acceptors (Lipinski definition) is 4. The normalized spacial score (nSPS) is 15.1. The molecule has 3 aromatic carbocycles. The molecule has 51 heavy (non-hydrogen) atoms. The fourth-order valence-corrected chi connectivity index (χ4v) is 8.59. The first-order valence-electron chi connectivity index (χ1n) is 16.9. The molecule has 5 rings (SSSR count). The second-order valence-corrected chi connectivity index (χ2v) is 20.1. The maximum Gasteiger partial charge on any atom is 0.282 e. The van der Waals surface area contributed by atoms with Crippen molar-refractivity contribution in [1.82, 2.24) is 4.57 Å². The molecule has 13 heteroatoms. The van der Waals surface area contributed by atoms with Gasteiger partial charge in [-0.2, -0.15) is 0 Å². The van der Waals surface area contributed by atoms with Crippen LogP contribution >= 0.6 is 57.8 Å². The Bertz CT molecular complexity index is 2020. The lowest BCUT2D eigenvalue weighted by molar-refractivity contribution is -0.675. The van der Waals surface area contributed by atoms with E-state index in [0.717, 1.165) is 51.7 Å². The number of β-amino-alcohol motifs (C(OH)–C–C–N with tert-alkyl or cyclic N) is 1. The second-order valence-electron chi connectivity index (χ2n) is 12.5. The zero-order valence-electron chi connectivity index (χ0n) is 29.2. The van der Waals surface area contributed by atoms with E-state index in [1.165, 1.54) is 11.1 Å². The Hall–Kier alpha value is -2.02. The molecule has 0 aliphatic carbocycles. The van der Waals surface area contributed by atoms with Gasteiger partial charge in [0.25, 0.3) is 5.82 Å². The number of aryl methyl sites for hydroxylation is 2. The van der Waals surface area contributed by atoms with Gasteiger partial charge in [-0.05, 0) is 67.3 Å². The predicted molar refractivity (Wildman–Crippen MR) is 232 cm³/mol. The summed E-state index contributed by atoms with van der Waals surface area (Å²) in [5.74, 6) is 1.87. The number of rotatable bonds is 13. The van der Waals surface area contributed by atoms with E-state index >= 15 is 4.39 Å². The molecule has 1 aliphatic rings. The molecule has 0 saturated heterocycles. The Morgan fingerprint density at radius 3 is 2.22 bits per heavy atom. The number of nitrogens with zero attached hydrogens (tertiary/aromatic N) is 4. The van der Waals surface area contributed by atoms with Crippen molar-refractivity contribution >= 4 is 91.9 Å². The monoisotopic (exact) mass is 801 g/mol. The number of benzene rings is 3. The standard InChI is InChI=1S/C38H48ClFN4O2P5/c1-4-41-31-21-25(3)28(38(49,50)51)22-32(31)43(17-19-45)35(41)15-9-13-27(26-11-7-6-8-12-26)14-10-16-36-42(5-2)34-24-30(39)29(37(40,47)48)23-33(34)44(36)18-20-46/h6-16,21-24,45-46H,4-5,17-20,47-51H2,1-3H3/q+1. The quantitative estimate of drug-likeness (QED) is 0.0813. The molecular formula is C38H48ClFN4O2P5+. The van der Waals surface area contributed by atoms with Crippen LogP contribution in [0.15, 0.2) is 90.8 Å². The molecule has 0 bridgehead atoms. The van der Waals surface area contributed by atoms with Crippen LogP contribution in [0, 0.1) is 6.92 Å². The molecule has 4 aromatic rings. The lowest BCUT2D eigenvalue weighted by atomic mass is 10.0. The number of aliphatic hydroxyl groups is 2. The molecular weight excluding hydrogens is 754 g/mol. The number of imidazole rings is 1. The fourth-order valence-electron chi connectivity index (χ4n) is 6.69. The van der Waals surface area contributed by atoms with Crippen LogP contribution in [0.1, 0.15) is 41.9 Å². The largest absolute Gasteiger partial charge is 0.395 e. The van der Waals surface area contributed by atoms with Crippen LogP contribution in [-0.2, 0) is 22.9 Å². The molecule has 0 saturated carbocycles. The summed E-state index contributed by atoms with van der Waals surface area (Å²) in [5, 5.41) is 18.7. The van der Waals surface area contributed by atoms with Gasteiger partial charge in [-0.25, -0.2) is 13.5 Å². The van der Waals surface area contributed by atoms with E-state index in [2.05, 4.69) is 130 Å². The summed E-state index contributed by atoms with van der Waals surface area (Å²) in [6, 6.07) is 18.2. The summed E-state index contributed by atoms with van der Waals surface area (Å²) in [6.45, 7) is 8.53. The third kappa shape index (κ3) is 8.70. The van der Waals surface area contributed by atoms with Gasteiger partial charge in [-0.3, -0.25) is 0 Å². The maximum absolute atomic E-state index is 15.0. The lowest BCUT2D eigenvalue weighted by Gasteiger charge is -2.24. The highest BCUT2D eigenvalue weighted by Crippen LogP contribution is 2.51. The van der Waals surface area contributed by atoms with Crippen molar-refractivity contribution in [2.24, 2.45) is 0 Å². The van der Waals surface area contributed by atoms with Crippen molar-refractivity contribution in [3.8, 4) is 0 Å². The third-order valence-corrected chi connectivity index (χ3v) is 10.8. The summed E-state index contributed by atoms with van der Waals surface area (Å²) < 4.78 is 18.9. The summed E-state index contributed by atoms with van der Waals surface area (Å²) in [4.78, 5) is 4.47. The number of aliphatic hydroxyl groups excluding tert-OH is 2. The van der Waals surface area contributed by atoms with E-state index in [9.17, 15) is 10.2 Å². The van der Waals surface area contributed by atoms with E-state index < -0.39 is 5.15 Å². The van der Waals surface area contributed by atoms with Gasteiger partial charge in [0.15, 0.2) is 16.2 Å². The molecule has 2 N–H and O–H groups in total. The van der Waals surface area contributed by atoms with Crippen molar-refractivity contribution in [2.75, 3.05) is 36.1 Å². The molecule has 2 heterocycles. The number of aromatic nitrogens is 2. The van der Waals surface area contributed by atoms with E-state index in [-0.39, 0.29) is 17.9 Å². The first kappa shape index (κ1) is 40.2. The minimum absolute atomic E-state index is 0.0246. The van der Waals surface area contributed by atoms with Crippen molar-refractivity contribution in [3.63, 3.8) is 0 Å². The maximum atomic E-state index is 15.0. The van der Waals surface area contributed by atoms with Crippen LogP contribution in [0.2, 0.25) is 5.02 Å².